The number of thiophene rings is 1. The quantitative estimate of drug-likeness (QED) is 0.828. The van der Waals surface area contributed by atoms with E-state index in [1.54, 1.807) is 23.5 Å². The zero-order valence-electron chi connectivity index (χ0n) is 10.9. The second kappa shape index (κ2) is 6.04. The monoisotopic (exact) mass is 314 g/mol. The Morgan fingerprint density at radius 1 is 1.32 bits per heavy atom. The molecule has 0 bridgehead atoms. The largest absolute Gasteiger partial charge is 0.399 e. The van der Waals surface area contributed by atoms with Crippen molar-refractivity contribution < 1.29 is 0 Å². The SMILES string of the molecule is CC(Cc1cccs1)N(C)c1c(Cl)cc(N)cc1Cl. The molecule has 1 aromatic carbocycles. The number of hydrogen-bond donors (Lipinski definition) is 1. The predicted octanol–water partition coefficient (Wildman–Crippen LogP) is 4.70. The summed E-state index contributed by atoms with van der Waals surface area (Å²) in [5, 5.41) is 3.27. The molecule has 1 atom stereocenters. The van der Waals surface area contributed by atoms with Crippen molar-refractivity contribution in [2.75, 3.05) is 17.7 Å². The number of nitrogens with zero attached hydrogens (tertiary/aromatic N) is 1. The molecular formula is C14H16Cl2N2S. The molecule has 0 radical (unpaired) electrons. The summed E-state index contributed by atoms with van der Waals surface area (Å²) in [5.41, 5.74) is 7.14. The van der Waals surface area contributed by atoms with Gasteiger partial charge in [-0.3, -0.25) is 0 Å². The lowest BCUT2D eigenvalue weighted by molar-refractivity contribution is 0.688. The number of benzene rings is 1. The number of rotatable bonds is 4. The van der Waals surface area contributed by atoms with E-state index in [4.69, 9.17) is 28.9 Å². The number of nitrogens with two attached hydrogens (primary N) is 1. The average Bonchev–Trinajstić information content (AvgIpc) is 2.80. The minimum atomic E-state index is 0.303. The van der Waals surface area contributed by atoms with E-state index >= 15 is 0 Å². The summed E-state index contributed by atoms with van der Waals surface area (Å²) in [5.74, 6) is 0. The van der Waals surface area contributed by atoms with Gasteiger partial charge in [0.2, 0.25) is 0 Å². The standard InChI is InChI=1S/C14H16Cl2N2S/c1-9(6-11-4-3-5-19-11)18(2)14-12(15)7-10(17)8-13(14)16/h3-5,7-9H,6,17H2,1-2H3. The Labute approximate surface area is 127 Å². The van der Waals surface area contributed by atoms with Crippen molar-refractivity contribution in [3.63, 3.8) is 0 Å². The maximum atomic E-state index is 6.25. The number of hydrogen-bond acceptors (Lipinski definition) is 3. The smallest absolute Gasteiger partial charge is 0.0746 e. The molecule has 0 amide bonds. The summed E-state index contributed by atoms with van der Waals surface area (Å²) in [6.45, 7) is 2.16. The molecule has 2 nitrogen and oxygen atoms in total. The Morgan fingerprint density at radius 2 is 1.95 bits per heavy atom. The summed E-state index contributed by atoms with van der Waals surface area (Å²) < 4.78 is 0. The van der Waals surface area contributed by atoms with Gasteiger partial charge in [-0.1, -0.05) is 29.3 Å². The molecule has 0 saturated carbocycles. The van der Waals surface area contributed by atoms with Gasteiger partial charge in [0.05, 0.1) is 15.7 Å². The zero-order valence-corrected chi connectivity index (χ0v) is 13.2. The predicted molar refractivity (Wildman–Crippen MR) is 86.8 cm³/mol. The maximum Gasteiger partial charge on any atom is 0.0746 e. The molecular weight excluding hydrogens is 299 g/mol. The normalized spacial score (nSPS) is 12.4. The second-order valence-corrected chi connectivity index (χ2v) is 6.42. The molecule has 2 N–H and O–H groups in total. The van der Waals surface area contributed by atoms with E-state index in [1.165, 1.54) is 4.88 Å². The molecule has 0 saturated heterocycles. The van der Waals surface area contributed by atoms with Crippen molar-refractivity contribution in [1.29, 1.82) is 0 Å². The van der Waals surface area contributed by atoms with Crippen LogP contribution in [0.25, 0.3) is 0 Å². The summed E-state index contributed by atoms with van der Waals surface area (Å²) in [7, 11) is 2.00. The van der Waals surface area contributed by atoms with Crippen LogP contribution in [0.1, 0.15) is 11.8 Å². The minimum absolute atomic E-state index is 0.303. The Morgan fingerprint density at radius 3 is 2.47 bits per heavy atom. The first-order chi connectivity index (χ1) is 8.99. The van der Waals surface area contributed by atoms with Gasteiger partial charge in [-0.25, -0.2) is 0 Å². The summed E-state index contributed by atoms with van der Waals surface area (Å²) in [6.07, 6.45) is 0.963. The topological polar surface area (TPSA) is 29.3 Å². The molecule has 0 fully saturated rings. The molecule has 0 aliphatic rings. The van der Waals surface area contributed by atoms with Crippen LogP contribution in [0.15, 0.2) is 29.6 Å². The van der Waals surface area contributed by atoms with E-state index < -0.39 is 0 Å². The van der Waals surface area contributed by atoms with Crippen LogP contribution in [-0.4, -0.2) is 13.1 Å². The molecule has 1 unspecified atom stereocenters. The lowest BCUT2D eigenvalue weighted by atomic mass is 10.1. The number of halogens is 2. The van der Waals surface area contributed by atoms with Crippen LogP contribution in [-0.2, 0) is 6.42 Å². The van der Waals surface area contributed by atoms with E-state index in [9.17, 15) is 0 Å². The molecule has 1 aromatic heterocycles. The van der Waals surface area contributed by atoms with Gasteiger partial charge < -0.3 is 10.6 Å². The third-order valence-corrected chi connectivity index (χ3v) is 4.60. The van der Waals surface area contributed by atoms with E-state index in [0.29, 0.717) is 21.8 Å². The lowest BCUT2D eigenvalue weighted by Crippen LogP contribution is -2.31. The number of nitrogen functional groups attached to an aromatic ring is 1. The number of likely N-dealkylation sites (N-methyl/N-ethyl adjacent to an activating group) is 1. The Kier molecular flexibility index (Phi) is 4.61. The van der Waals surface area contributed by atoms with Gasteiger partial charge in [-0.15, -0.1) is 11.3 Å². The van der Waals surface area contributed by atoms with Crippen LogP contribution in [0.5, 0.6) is 0 Å². The fourth-order valence-corrected chi connectivity index (χ4v) is 3.60. The molecule has 0 aliphatic carbocycles. The third-order valence-electron chi connectivity index (χ3n) is 3.13. The Balaban J connectivity index is 2.21. The average molecular weight is 315 g/mol. The molecule has 0 spiro atoms. The van der Waals surface area contributed by atoms with E-state index in [2.05, 4.69) is 29.3 Å². The first-order valence-electron chi connectivity index (χ1n) is 5.98. The van der Waals surface area contributed by atoms with E-state index in [1.807, 2.05) is 7.05 Å². The summed E-state index contributed by atoms with van der Waals surface area (Å²) >= 11 is 14.3. The highest BCUT2D eigenvalue weighted by Gasteiger charge is 2.17. The van der Waals surface area contributed by atoms with Gasteiger partial charge in [0, 0.05) is 30.1 Å². The lowest BCUT2D eigenvalue weighted by Gasteiger charge is -2.28. The molecule has 19 heavy (non-hydrogen) atoms. The summed E-state index contributed by atoms with van der Waals surface area (Å²) in [6, 6.07) is 7.98. The van der Waals surface area contributed by atoms with Crippen molar-refractivity contribution in [2.45, 2.75) is 19.4 Å². The number of anilines is 2. The van der Waals surface area contributed by atoms with Crippen molar-refractivity contribution >= 4 is 45.9 Å². The van der Waals surface area contributed by atoms with Gasteiger partial charge in [0.25, 0.3) is 0 Å². The summed E-state index contributed by atoms with van der Waals surface area (Å²) in [4.78, 5) is 3.45. The van der Waals surface area contributed by atoms with Crippen LogP contribution in [0.4, 0.5) is 11.4 Å². The fraction of sp³-hybridized carbons (Fsp3) is 0.286. The van der Waals surface area contributed by atoms with Crippen molar-refractivity contribution in [2.24, 2.45) is 0 Å². The third kappa shape index (κ3) is 3.35. The van der Waals surface area contributed by atoms with Crippen molar-refractivity contribution in [3.8, 4) is 0 Å². The van der Waals surface area contributed by atoms with Gasteiger partial charge in [0.1, 0.15) is 0 Å². The van der Waals surface area contributed by atoms with Gasteiger partial charge in [-0.2, -0.15) is 0 Å². The van der Waals surface area contributed by atoms with Crippen LogP contribution in [0.3, 0.4) is 0 Å². The Bertz CT molecular complexity index is 532. The van der Waals surface area contributed by atoms with E-state index in [-0.39, 0.29) is 0 Å². The van der Waals surface area contributed by atoms with Crippen LogP contribution in [0.2, 0.25) is 10.0 Å². The molecule has 1 heterocycles. The van der Waals surface area contributed by atoms with Crippen LogP contribution >= 0.6 is 34.5 Å². The first kappa shape index (κ1) is 14.5. The zero-order chi connectivity index (χ0) is 14.0. The Hall–Kier alpha value is -0.900. The molecule has 2 rings (SSSR count). The van der Waals surface area contributed by atoms with Gasteiger partial charge in [-0.05, 0) is 30.5 Å². The van der Waals surface area contributed by atoms with Crippen molar-refractivity contribution in [1.82, 2.24) is 0 Å². The van der Waals surface area contributed by atoms with Gasteiger partial charge in [0.15, 0.2) is 0 Å². The second-order valence-electron chi connectivity index (χ2n) is 4.58. The molecule has 0 aliphatic heterocycles. The maximum absolute atomic E-state index is 6.25. The highest BCUT2D eigenvalue weighted by atomic mass is 35.5. The molecule has 102 valence electrons. The first-order valence-corrected chi connectivity index (χ1v) is 7.62. The van der Waals surface area contributed by atoms with Gasteiger partial charge >= 0.3 is 0 Å². The molecule has 5 heteroatoms. The van der Waals surface area contributed by atoms with Crippen molar-refractivity contribution in [3.05, 3.63) is 44.6 Å². The molecule has 2 aromatic rings. The highest BCUT2D eigenvalue weighted by molar-refractivity contribution is 7.09. The van der Waals surface area contributed by atoms with Crippen LogP contribution < -0.4 is 10.6 Å². The fourth-order valence-electron chi connectivity index (χ4n) is 2.00. The van der Waals surface area contributed by atoms with E-state index in [0.717, 1.165) is 12.1 Å². The van der Waals surface area contributed by atoms with Crippen LogP contribution in [0, 0.1) is 0 Å². The minimum Gasteiger partial charge on any atom is -0.399 e. The highest BCUT2D eigenvalue weighted by Crippen LogP contribution is 2.36.